The molecule has 5 heteroatoms. The van der Waals surface area contributed by atoms with Gasteiger partial charge in [0.2, 0.25) is 0 Å². The largest absolute Gasteiger partial charge is 0.299 e. The van der Waals surface area contributed by atoms with Crippen LogP contribution in [-0.2, 0) is 10.1 Å². The molecule has 0 aromatic heterocycles. The normalized spacial score (nSPS) is 13.2. The maximum Gasteiger partial charge on any atom is 0.281 e. The van der Waals surface area contributed by atoms with E-state index in [9.17, 15) is 8.42 Å². The Hall–Kier alpha value is -0.130. The zero-order chi connectivity index (χ0) is 19.5. The van der Waals surface area contributed by atoms with Crippen molar-refractivity contribution in [1.29, 1.82) is 0 Å². The molecule has 0 rings (SSSR count). The van der Waals surface area contributed by atoms with Gasteiger partial charge < -0.3 is 0 Å². The Morgan fingerprint density at radius 3 is 1.31 bits per heavy atom. The van der Waals surface area contributed by atoms with Crippen LogP contribution in [0.4, 0.5) is 0 Å². The first-order chi connectivity index (χ1) is 12.5. The molecule has 0 radical (unpaired) electrons. The fraction of sp³-hybridized carbons (Fsp3) is 1.00. The SMILES string of the molecule is CCCCCCCCCCCCCCCCCCNC(CC)S(=O)(=O)O. The summed E-state index contributed by atoms with van der Waals surface area (Å²) >= 11 is 0. The Kier molecular flexibility index (Phi) is 18.2. The van der Waals surface area contributed by atoms with Gasteiger partial charge in [0, 0.05) is 0 Å². The van der Waals surface area contributed by atoms with Crippen LogP contribution in [0.3, 0.4) is 0 Å². The standard InChI is InChI=1S/C21H45NO3S/c1-3-5-6-7-8-9-10-11-12-13-14-15-16-17-18-19-20-22-21(4-2)26(23,24)25/h21-22H,3-20H2,1-2H3,(H,23,24,25). The first-order valence-electron chi connectivity index (χ1n) is 11.2. The molecule has 0 aliphatic heterocycles. The zero-order valence-electron chi connectivity index (χ0n) is 17.5. The van der Waals surface area contributed by atoms with Crippen LogP contribution in [0.25, 0.3) is 0 Å². The zero-order valence-corrected chi connectivity index (χ0v) is 18.3. The van der Waals surface area contributed by atoms with Crippen molar-refractivity contribution in [3.05, 3.63) is 0 Å². The molecule has 1 unspecified atom stereocenters. The van der Waals surface area contributed by atoms with E-state index in [0.717, 1.165) is 12.8 Å². The van der Waals surface area contributed by atoms with Crippen molar-refractivity contribution in [2.24, 2.45) is 0 Å². The minimum Gasteiger partial charge on any atom is -0.299 e. The Bertz CT molecular complexity index is 385. The van der Waals surface area contributed by atoms with E-state index < -0.39 is 15.5 Å². The van der Waals surface area contributed by atoms with Gasteiger partial charge in [-0.1, -0.05) is 110 Å². The summed E-state index contributed by atoms with van der Waals surface area (Å²) in [4.78, 5) is 0. The Morgan fingerprint density at radius 1 is 0.654 bits per heavy atom. The number of rotatable bonds is 20. The molecule has 0 aromatic carbocycles. The molecular formula is C21H45NO3S. The number of unbranched alkanes of at least 4 members (excludes halogenated alkanes) is 15. The molecule has 0 aliphatic rings. The second-order valence-electron chi connectivity index (χ2n) is 7.67. The first kappa shape index (κ1) is 25.9. The molecule has 4 nitrogen and oxygen atoms in total. The van der Waals surface area contributed by atoms with Gasteiger partial charge in [0.05, 0.1) is 0 Å². The third-order valence-electron chi connectivity index (χ3n) is 5.13. The van der Waals surface area contributed by atoms with Gasteiger partial charge in [-0.3, -0.25) is 9.87 Å². The van der Waals surface area contributed by atoms with Crippen molar-refractivity contribution in [3.8, 4) is 0 Å². The maximum atomic E-state index is 11.1. The lowest BCUT2D eigenvalue weighted by Gasteiger charge is -2.13. The first-order valence-corrected chi connectivity index (χ1v) is 12.7. The smallest absolute Gasteiger partial charge is 0.281 e. The van der Waals surface area contributed by atoms with E-state index in [2.05, 4.69) is 12.2 Å². The van der Waals surface area contributed by atoms with Crippen LogP contribution in [0, 0.1) is 0 Å². The summed E-state index contributed by atoms with van der Waals surface area (Å²) in [7, 11) is -3.95. The molecule has 0 aromatic rings. The van der Waals surface area contributed by atoms with Crippen LogP contribution < -0.4 is 5.32 Å². The van der Waals surface area contributed by atoms with E-state index >= 15 is 0 Å². The topological polar surface area (TPSA) is 66.4 Å². The van der Waals surface area contributed by atoms with Crippen molar-refractivity contribution in [2.45, 2.75) is 128 Å². The van der Waals surface area contributed by atoms with E-state index in [-0.39, 0.29) is 0 Å². The molecule has 0 saturated carbocycles. The molecule has 0 fully saturated rings. The average molecular weight is 392 g/mol. The molecule has 0 aliphatic carbocycles. The van der Waals surface area contributed by atoms with Crippen LogP contribution in [-0.4, -0.2) is 24.9 Å². The van der Waals surface area contributed by atoms with E-state index in [1.54, 1.807) is 6.92 Å². The Morgan fingerprint density at radius 2 is 1.00 bits per heavy atom. The van der Waals surface area contributed by atoms with Crippen LogP contribution >= 0.6 is 0 Å². The van der Waals surface area contributed by atoms with Gasteiger partial charge in [0.1, 0.15) is 5.37 Å². The minimum atomic E-state index is -3.95. The Labute approximate surface area is 163 Å². The van der Waals surface area contributed by atoms with Crippen LogP contribution in [0.1, 0.15) is 123 Å². The molecule has 2 N–H and O–H groups in total. The highest BCUT2D eigenvalue weighted by Gasteiger charge is 2.19. The molecule has 26 heavy (non-hydrogen) atoms. The maximum absolute atomic E-state index is 11.1. The molecule has 0 spiro atoms. The lowest BCUT2D eigenvalue weighted by molar-refractivity contribution is 0.441. The summed E-state index contributed by atoms with van der Waals surface area (Å²) in [5, 5.41) is 2.11. The monoisotopic (exact) mass is 391 g/mol. The highest BCUT2D eigenvalue weighted by molar-refractivity contribution is 7.86. The van der Waals surface area contributed by atoms with E-state index in [0.29, 0.717) is 13.0 Å². The summed E-state index contributed by atoms with van der Waals surface area (Å²) in [6.45, 7) is 4.70. The lowest BCUT2D eigenvalue weighted by atomic mass is 10.0. The van der Waals surface area contributed by atoms with Gasteiger partial charge in [0.25, 0.3) is 10.1 Å². The Balaban J connectivity index is 3.20. The van der Waals surface area contributed by atoms with Crippen LogP contribution in [0.15, 0.2) is 0 Å². The summed E-state index contributed by atoms with van der Waals surface area (Å²) in [5.41, 5.74) is 0. The minimum absolute atomic E-state index is 0.400. The number of hydrogen-bond acceptors (Lipinski definition) is 3. The van der Waals surface area contributed by atoms with E-state index in [1.807, 2.05) is 0 Å². The fourth-order valence-corrected chi connectivity index (χ4v) is 4.15. The third-order valence-corrected chi connectivity index (χ3v) is 6.35. The molecule has 0 amide bonds. The van der Waals surface area contributed by atoms with Gasteiger partial charge in [0.15, 0.2) is 0 Å². The number of hydrogen-bond donors (Lipinski definition) is 2. The molecular weight excluding hydrogens is 346 g/mol. The molecule has 158 valence electrons. The van der Waals surface area contributed by atoms with Gasteiger partial charge in [-0.15, -0.1) is 0 Å². The van der Waals surface area contributed by atoms with Crippen molar-refractivity contribution in [2.75, 3.05) is 6.54 Å². The summed E-state index contributed by atoms with van der Waals surface area (Å²) in [6, 6.07) is 0. The van der Waals surface area contributed by atoms with Gasteiger partial charge >= 0.3 is 0 Å². The third kappa shape index (κ3) is 17.3. The van der Waals surface area contributed by atoms with Crippen molar-refractivity contribution < 1.29 is 13.0 Å². The van der Waals surface area contributed by atoms with Crippen LogP contribution in [0.2, 0.25) is 0 Å². The van der Waals surface area contributed by atoms with Crippen molar-refractivity contribution in [1.82, 2.24) is 5.32 Å². The summed E-state index contributed by atoms with van der Waals surface area (Å²) in [5.74, 6) is 0. The molecule has 1 atom stereocenters. The quantitative estimate of drug-likeness (QED) is 0.184. The molecule has 0 saturated heterocycles. The van der Waals surface area contributed by atoms with E-state index in [1.165, 1.54) is 89.9 Å². The summed E-state index contributed by atoms with van der Waals surface area (Å²) in [6.07, 6.45) is 21.7. The predicted octanol–water partition coefficient (Wildman–Crippen LogP) is 6.46. The predicted molar refractivity (Wildman–Crippen MR) is 113 cm³/mol. The highest BCUT2D eigenvalue weighted by atomic mass is 32.2. The second kappa shape index (κ2) is 18.2. The van der Waals surface area contributed by atoms with E-state index in [4.69, 9.17) is 4.55 Å². The highest BCUT2D eigenvalue weighted by Crippen LogP contribution is 2.13. The second-order valence-corrected chi connectivity index (χ2v) is 9.27. The van der Waals surface area contributed by atoms with Crippen LogP contribution in [0.5, 0.6) is 0 Å². The number of nitrogens with one attached hydrogen (secondary N) is 1. The lowest BCUT2D eigenvalue weighted by Crippen LogP contribution is -2.36. The van der Waals surface area contributed by atoms with Crippen molar-refractivity contribution in [3.63, 3.8) is 0 Å². The molecule has 0 bridgehead atoms. The average Bonchev–Trinajstić information content (AvgIpc) is 2.59. The van der Waals surface area contributed by atoms with Gasteiger partial charge in [-0.05, 0) is 19.4 Å². The summed E-state index contributed by atoms with van der Waals surface area (Å²) < 4.78 is 31.1. The van der Waals surface area contributed by atoms with Gasteiger partial charge in [-0.25, -0.2) is 0 Å². The van der Waals surface area contributed by atoms with Gasteiger partial charge in [-0.2, -0.15) is 8.42 Å². The fourth-order valence-electron chi connectivity index (χ4n) is 3.40. The van der Waals surface area contributed by atoms with Crippen molar-refractivity contribution >= 4 is 10.1 Å². The molecule has 0 heterocycles.